The molecule has 1 aromatic heterocycles. The molecule has 0 N–H and O–H groups in total. The third-order valence-electron chi connectivity index (χ3n) is 5.56. The highest BCUT2D eigenvalue weighted by atomic mass is 16.5. The molecule has 0 aliphatic rings. The zero-order valence-electron chi connectivity index (χ0n) is 19.3. The Hall–Kier alpha value is -2.17. The van der Waals surface area contributed by atoms with Crippen molar-refractivity contribution in [3.63, 3.8) is 0 Å². The maximum Gasteiger partial charge on any atom is 0.297 e. The predicted molar refractivity (Wildman–Crippen MR) is 124 cm³/mol. The molecule has 0 spiro atoms. The number of rotatable bonds is 15. The van der Waals surface area contributed by atoms with E-state index in [1.165, 1.54) is 45.6 Å². The smallest absolute Gasteiger partial charge is 0.297 e. The summed E-state index contributed by atoms with van der Waals surface area (Å²) in [6, 6.07) is 5.89. The molecule has 0 amide bonds. The quantitative estimate of drug-likeness (QED) is 0.317. The molecule has 0 atom stereocenters. The summed E-state index contributed by atoms with van der Waals surface area (Å²) < 4.78 is 18.7. The Kier molecular flexibility index (Phi) is 10.6. The fourth-order valence-electron chi connectivity index (χ4n) is 3.84. The van der Waals surface area contributed by atoms with Crippen molar-refractivity contribution in [1.29, 1.82) is 0 Å². The highest BCUT2D eigenvalue weighted by Gasteiger charge is 2.18. The van der Waals surface area contributed by atoms with E-state index in [2.05, 4.69) is 13.8 Å². The molecular weight excluding hydrogens is 378 g/mol. The zero-order valence-corrected chi connectivity index (χ0v) is 19.3. The van der Waals surface area contributed by atoms with Crippen LogP contribution in [0.25, 0.3) is 10.9 Å². The van der Waals surface area contributed by atoms with Crippen LogP contribution in [0.5, 0.6) is 17.2 Å². The zero-order chi connectivity index (χ0) is 21.8. The molecule has 5 heteroatoms. The van der Waals surface area contributed by atoms with Crippen LogP contribution in [0.1, 0.15) is 78.1 Å². The molecule has 0 fully saturated rings. The van der Waals surface area contributed by atoms with E-state index < -0.39 is 0 Å². The van der Waals surface area contributed by atoms with E-state index in [1.54, 1.807) is 7.11 Å². The number of benzene rings is 1. The largest absolute Gasteiger partial charge is 0.494 e. The van der Waals surface area contributed by atoms with Gasteiger partial charge in [0.05, 0.1) is 26.3 Å². The van der Waals surface area contributed by atoms with E-state index in [0.717, 1.165) is 42.3 Å². The molecule has 2 rings (SSSR count). The SMILES string of the molecule is CCCCCCCCOc1ccc2c(OC)c(OC)c(=O)n(CCCCCC)c2c1. The third-order valence-corrected chi connectivity index (χ3v) is 5.56. The number of hydrogen-bond acceptors (Lipinski definition) is 4. The van der Waals surface area contributed by atoms with Crippen LogP contribution in [-0.4, -0.2) is 25.4 Å². The van der Waals surface area contributed by atoms with Crippen molar-refractivity contribution < 1.29 is 14.2 Å². The molecule has 5 nitrogen and oxygen atoms in total. The van der Waals surface area contributed by atoms with Crippen LogP contribution in [0.15, 0.2) is 23.0 Å². The van der Waals surface area contributed by atoms with Crippen LogP contribution in [0.2, 0.25) is 0 Å². The molecular formula is C25H39NO4. The summed E-state index contributed by atoms with van der Waals surface area (Å²) in [5.74, 6) is 1.55. The summed E-state index contributed by atoms with van der Waals surface area (Å²) in [7, 11) is 3.09. The van der Waals surface area contributed by atoms with Crippen molar-refractivity contribution in [2.75, 3.05) is 20.8 Å². The number of hydrogen-bond donors (Lipinski definition) is 0. The summed E-state index contributed by atoms with van der Waals surface area (Å²) in [5.41, 5.74) is 0.695. The summed E-state index contributed by atoms with van der Waals surface area (Å²) in [6.07, 6.45) is 11.8. The van der Waals surface area contributed by atoms with Crippen LogP contribution in [0.4, 0.5) is 0 Å². The molecule has 30 heavy (non-hydrogen) atoms. The van der Waals surface area contributed by atoms with E-state index in [0.29, 0.717) is 18.9 Å². The first-order valence-corrected chi connectivity index (χ1v) is 11.6. The van der Waals surface area contributed by atoms with Gasteiger partial charge in [-0.2, -0.15) is 0 Å². The maximum atomic E-state index is 13.1. The second-order valence-electron chi connectivity index (χ2n) is 7.88. The van der Waals surface area contributed by atoms with Crippen molar-refractivity contribution in [3.8, 4) is 17.2 Å². The Morgan fingerprint density at radius 3 is 2.10 bits per heavy atom. The Morgan fingerprint density at radius 2 is 1.43 bits per heavy atom. The molecule has 0 aliphatic carbocycles. The molecule has 1 aromatic carbocycles. The fourth-order valence-corrected chi connectivity index (χ4v) is 3.84. The van der Waals surface area contributed by atoms with Crippen molar-refractivity contribution in [3.05, 3.63) is 28.6 Å². The first-order chi connectivity index (χ1) is 14.7. The Labute approximate surface area is 181 Å². The van der Waals surface area contributed by atoms with Gasteiger partial charge in [-0.1, -0.05) is 65.2 Å². The van der Waals surface area contributed by atoms with Gasteiger partial charge in [0, 0.05) is 18.0 Å². The molecule has 0 radical (unpaired) electrons. The summed E-state index contributed by atoms with van der Waals surface area (Å²) in [5, 5.41) is 0.872. The average molecular weight is 418 g/mol. The van der Waals surface area contributed by atoms with Crippen LogP contribution < -0.4 is 19.8 Å². The van der Waals surface area contributed by atoms with Crippen molar-refractivity contribution in [2.45, 2.75) is 84.6 Å². The van der Waals surface area contributed by atoms with E-state index >= 15 is 0 Å². The number of ether oxygens (including phenoxy) is 3. The minimum atomic E-state index is -0.147. The summed E-state index contributed by atoms with van der Waals surface area (Å²) in [4.78, 5) is 13.1. The third kappa shape index (κ3) is 6.41. The number of unbranched alkanes of at least 4 members (excludes halogenated alkanes) is 8. The molecule has 0 unspecified atom stereocenters. The van der Waals surface area contributed by atoms with E-state index in [-0.39, 0.29) is 11.3 Å². The fraction of sp³-hybridized carbons (Fsp3) is 0.640. The number of nitrogens with zero attached hydrogens (tertiary/aromatic N) is 1. The molecule has 0 aliphatic heterocycles. The molecule has 2 aromatic rings. The number of aryl methyl sites for hydroxylation is 1. The lowest BCUT2D eigenvalue weighted by molar-refractivity contribution is 0.304. The Balaban J connectivity index is 2.22. The molecule has 0 bridgehead atoms. The van der Waals surface area contributed by atoms with Gasteiger partial charge in [0.2, 0.25) is 5.75 Å². The second kappa shape index (κ2) is 13.2. The van der Waals surface area contributed by atoms with E-state index in [1.807, 2.05) is 22.8 Å². The molecule has 0 saturated carbocycles. The van der Waals surface area contributed by atoms with Crippen LogP contribution >= 0.6 is 0 Å². The Morgan fingerprint density at radius 1 is 0.800 bits per heavy atom. The molecule has 0 saturated heterocycles. The normalized spacial score (nSPS) is 11.1. The summed E-state index contributed by atoms with van der Waals surface area (Å²) >= 11 is 0. The summed E-state index contributed by atoms with van der Waals surface area (Å²) in [6.45, 7) is 5.78. The minimum absolute atomic E-state index is 0.147. The van der Waals surface area contributed by atoms with Gasteiger partial charge in [-0.3, -0.25) is 4.79 Å². The van der Waals surface area contributed by atoms with Crippen molar-refractivity contribution >= 4 is 10.9 Å². The highest BCUT2D eigenvalue weighted by Crippen LogP contribution is 2.34. The van der Waals surface area contributed by atoms with Crippen LogP contribution in [-0.2, 0) is 6.54 Å². The maximum absolute atomic E-state index is 13.1. The first kappa shape index (κ1) is 24.1. The van der Waals surface area contributed by atoms with Gasteiger partial charge in [-0.25, -0.2) is 0 Å². The second-order valence-corrected chi connectivity index (χ2v) is 7.88. The van der Waals surface area contributed by atoms with Crippen LogP contribution in [0, 0.1) is 0 Å². The Bertz CT molecular complexity index is 828. The van der Waals surface area contributed by atoms with Gasteiger partial charge in [0.1, 0.15) is 5.75 Å². The van der Waals surface area contributed by atoms with Crippen molar-refractivity contribution in [1.82, 2.24) is 4.57 Å². The number of methoxy groups -OCH3 is 2. The van der Waals surface area contributed by atoms with E-state index in [4.69, 9.17) is 14.2 Å². The lowest BCUT2D eigenvalue weighted by atomic mass is 10.1. The monoisotopic (exact) mass is 417 g/mol. The van der Waals surface area contributed by atoms with Crippen molar-refractivity contribution in [2.24, 2.45) is 0 Å². The molecule has 1 heterocycles. The van der Waals surface area contributed by atoms with E-state index in [9.17, 15) is 4.79 Å². The lowest BCUT2D eigenvalue weighted by Crippen LogP contribution is -2.23. The first-order valence-electron chi connectivity index (χ1n) is 11.6. The lowest BCUT2D eigenvalue weighted by Gasteiger charge is -2.17. The number of fused-ring (bicyclic) bond motifs is 1. The number of aromatic nitrogens is 1. The van der Waals surface area contributed by atoms with Gasteiger partial charge in [-0.15, -0.1) is 0 Å². The van der Waals surface area contributed by atoms with Gasteiger partial charge >= 0.3 is 0 Å². The highest BCUT2D eigenvalue weighted by molar-refractivity contribution is 5.89. The average Bonchev–Trinajstić information content (AvgIpc) is 2.76. The minimum Gasteiger partial charge on any atom is -0.494 e. The standard InChI is InChI=1S/C25H39NO4/c1-5-7-9-11-12-14-18-30-20-15-16-21-22(19-20)26(17-13-10-8-6-2)25(27)24(29-4)23(21)28-3/h15-16,19H,5-14,17-18H2,1-4H3. The molecule has 168 valence electrons. The van der Waals surface area contributed by atoms with Gasteiger partial charge < -0.3 is 18.8 Å². The van der Waals surface area contributed by atoms with Gasteiger partial charge in [0.15, 0.2) is 5.75 Å². The predicted octanol–water partition coefficient (Wildman–Crippen LogP) is 6.34. The van der Waals surface area contributed by atoms with Gasteiger partial charge in [-0.05, 0) is 25.0 Å². The van der Waals surface area contributed by atoms with Crippen LogP contribution in [0.3, 0.4) is 0 Å². The number of pyridine rings is 1. The topological polar surface area (TPSA) is 49.7 Å². The van der Waals surface area contributed by atoms with Gasteiger partial charge in [0.25, 0.3) is 5.56 Å².